The summed E-state index contributed by atoms with van der Waals surface area (Å²) < 4.78 is 27.0. The van der Waals surface area contributed by atoms with Crippen molar-refractivity contribution in [3.63, 3.8) is 0 Å². The Morgan fingerprint density at radius 2 is 1.67 bits per heavy atom. The number of nitrogens with one attached hydrogen (secondary N) is 2. The molecule has 1 atom stereocenters. The number of carbonyl (C=O) groups excluding carboxylic acids is 3. The lowest BCUT2D eigenvalue weighted by Crippen LogP contribution is -2.48. The first-order valence-electron chi connectivity index (χ1n) is 11.0. The van der Waals surface area contributed by atoms with Crippen molar-refractivity contribution < 1.29 is 23.2 Å². The predicted octanol–water partition coefficient (Wildman–Crippen LogP) is 2.54. The van der Waals surface area contributed by atoms with Gasteiger partial charge in [-0.05, 0) is 37.1 Å². The van der Waals surface area contributed by atoms with E-state index in [4.69, 9.17) is 0 Å². The highest BCUT2D eigenvalue weighted by molar-refractivity contribution is 6.00. The van der Waals surface area contributed by atoms with Crippen molar-refractivity contribution in [2.24, 2.45) is 5.92 Å². The number of hydrogen-bond acceptors (Lipinski definition) is 4. The van der Waals surface area contributed by atoms with E-state index in [1.807, 2.05) is 35.2 Å². The highest BCUT2D eigenvalue weighted by Crippen LogP contribution is 2.27. The van der Waals surface area contributed by atoms with Gasteiger partial charge in [0.1, 0.15) is 11.6 Å². The minimum Gasteiger partial charge on any atom is -0.353 e. The predicted molar refractivity (Wildman–Crippen MR) is 119 cm³/mol. The van der Waals surface area contributed by atoms with E-state index in [-0.39, 0.29) is 49.0 Å². The number of piperidine rings is 1. The van der Waals surface area contributed by atoms with Crippen molar-refractivity contribution in [2.75, 3.05) is 36.4 Å². The molecule has 7 nitrogen and oxygen atoms in total. The van der Waals surface area contributed by atoms with Crippen molar-refractivity contribution in [1.82, 2.24) is 10.2 Å². The van der Waals surface area contributed by atoms with Crippen molar-refractivity contribution in [3.8, 4) is 0 Å². The fraction of sp³-hybridized carbons (Fsp3) is 0.375. The lowest BCUT2D eigenvalue weighted by atomic mass is 10.0. The van der Waals surface area contributed by atoms with Gasteiger partial charge in [0.05, 0.1) is 12.5 Å². The lowest BCUT2D eigenvalue weighted by molar-refractivity contribution is -0.127. The molecule has 0 radical (unpaired) electrons. The molecule has 9 heteroatoms. The van der Waals surface area contributed by atoms with Crippen LogP contribution in [0.3, 0.4) is 0 Å². The summed E-state index contributed by atoms with van der Waals surface area (Å²) in [5, 5.41) is 5.86. The van der Waals surface area contributed by atoms with E-state index < -0.39 is 17.6 Å². The molecule has 174 valence electrons. The molecule has 2 heterocycles. The van der Waals surface area contributed by atoms with E-state index in [2.05, 4.69) is 10.6 Å². The number of rotatable bonds is 6. The van der Waals surface area contributed by atoms with Gasteiger partial charge in [-0.25, -0.2) is 8.78 Å². The molecule has 1 unspecified atom stereocenters. The molecular weight excluding hydrogens is 430 g/mol. The molecule has 0 saturated carbocycles. The maximum atomic E-state index is 13.5. The van der Waals surface area contributed by atoms with Crippen LogP contribution in [0.15, 0.2) is 48.5 Å². The topological polar surface area (TPSA) is 81.8 Å². The third-order valence-electron chi connectivity index (χ3n) is 6.01. The molecule has 2 fully saturated rings. The van der Waals surface area contributed by atoms with Gasteiger partial charge >= 0.3 is 0 Å². The van der Waals surface area contributed by atoms with Crippen LogP contribution in [-0.4, -0.2) is 54.8 Å². The fourth-order valence-electron chi connectivity index (χ4n) is 4.31. The Kier molecular flexibility index (Phi) is 6.98. The third kappa shape index (κ3) is 5.92. The minimum absolute atomic E-state index is 0.00245. The number of amides is 3. The van der Waals surface area contributed by atoms with Crippen LogP contribution in [0, 0.1) is 17.6 Å². The summed E-state index contributed by atoms with van der Waals surface area (Å²) in [5.41, 5.74) is 0.876. The van der Waals surface area contributed by atoms with Gasteiger partial charge in [0.2, 0.25) is 17.7 Å². The van der Waals surface area contributed by atoms with Gasteiger partial charge in [-0.15, -0.1) is 0 Å². The molecule has 33 heavy (non-hydrogen) atoms. The number of likely N-dealkylation sites (tertiary alicyclic amines) is 1. The summed E-state index contributed by atoms with van der Waals surface area (Å²) in [5.74, 6) is -2.76. The highest BCUT2D eigenvalue weighted by Gasteiger charge is 2.36. The molecule has 2 aromatic carbocycles. The van der Waals surface area contributed by atoms with E-state index in [1.165, 1.54) is 4.90 Å². The van der Waals surface area contributed by atoms with Gasteiger partial charge in [-0.2, -0.15) is 0 Å². The molecular formula is C24H26F2N4O3. The summed E-state index contributed by atoms with van der Waals surface area (Å²) in [6.45, 7) is 1.72. The first kappa shape index (κ1) is 22.8. The molecule has 0 bridgehead atoms. The molecule has 2 saturated heterocycles. The fourth-order valence-corrected chi connectivity index (χ4v) is 4.31. The number of nitrogens with zero attached hydrogens (tertiary/aromatic N) is 2. The molecule has 0 aliphatic carbocycles. The van der Waals surface area contributed by atoms with Crippen LogP contribution in [0.4, 0.5) is 20.2 Å². The Morgan fingerprint density at radius 1 is 1.00 bits per heavy atom. The van der Waals surface area contributed by atoms with Gasteiger partial charge in [-0.3, -0.25) is 19.3 Å². The highest BCUT2D eigenvalue weighted by atomic mass is 19.1. The van der Waals surface area contributed by atoms with Crippen molar-refractivity contribution in [3.05, 3.63) is 60.2 Å². The van der Waals surface area contributed by atoms with E-state index in [9.17, 15) is 23.2 Å². The molecule has 0 aromatic heterocycles. The van der Waals surface area contributed by atoms with Gasteiger partial charge in [0.15, 0.2) is 0 Å². The standard InChI is InChI=1S/C24H26F2N4O3/c25-17-11-18(26)13-21(12-17)30-14-16(10-23(30)32)24(33)28-20-6-8-29(9-7-20)15-22(31)27-19-4-2-1-3-5-19/h1-5,11-13,16,20H,6-10,14-15H2,(H,27,31)(H,28,33). The zero-order valence-electron chi connectivity index (χ0n) is 18.1. The zero-order valence-corrected chi connectivity index (χ0v) is 18.1. The van der Waals surface area contributed by atoms with Crippen molar-refractivity contribution in [2.45, 2.75) is 25.3 Å². The number of benzene rings is 2. The second kappa shape index (κ2) is 10.1. The van der Waals surface area contributed by atoms with Crippen LogP contribution in [0.5, 0.6) is 0 Å². The average molecular weight is 456 g/mol. The monoisotopic (exact) mass is 456 g/mol. The molecule has 2 aliphatic rings. The normalized spacial score (nSPS) is 19.5. The molecule has 2 N–H and O–H groups in total. The maximum absolute atomic E-state index is 13.5. The summed E-state index contributed by atoms with van der Waals surface area (Å²) in [4.78, 5) is 40.6. The van der Waals surface area contributed by atoms with Crippen molar-refractivity contribution >= 4 is 29.1 Å². The Hall–Kier alpha value is -3.33. The number of para-hydroxylation sites is 1. The van der Waals surface area contributed by atoms with Crippen LogP contribution in [0.25, 0.3) is 0 Å². The molecule has 3 amide bonds. The zero-order chi connectivity index (χ0) is 23.4. The number of hydrogen-bond donors (Lipinski definition) is 2. The van der Waals surface area contributed by atoms with Crippen LogP contribution in [0.2, 0.25) is 0 Å². The Morgan fingerprint density at radius 3 is 2.33 bits per heavy atom. The smallest absolute Gasteiger partial charge is 0.238 e. The Labute approximate surface area is 190 Å². The van der Waals surface area contributed by atoms with Crippen molar-refractivity contribution in [1.29, 1.82) is 0 Å². The Bertz CT molecular complexity index is 1010. The van der Waals surface area contributed by atoms with Gasteiger partial charge in [0, 0.05) is 49.5 Å². The van der Waals surface area contributed by atoms with E-state index in [0.29, 0.717) is 25.9 Å². The summed E-state index contributed by atoms with van der Waals surface area (Å²) in [6.07, 6.45) is 1.40. The van der Waals surface area contributed by atoms with E-state index >= 15 is 0 Å². The molecule has 2 aliphatic heterocycles. The van der Waals surface area contributed by atoms with Crippen LogP contribution >= 0.6 is 0 Å². The second-order valence-corrected chi connectivity index (χ2v) is 8.51. The molecule has 4 rings (SSSR count). The lowest BCUT2D eigenvalue weighted by Gasteiger charge is -2.32. The second-order valence-electron chi connectivity index (χ2n) is 8.51. The SMILES string of the molecule is O=C(CN1CCC(NC(=O)C2CC(=O)N(c3cc(F)cc(F)c3)C2)CC1)Nc1ccccc1. The van der Waals surface area contributed by atoms with Gasteiger partial charge < -0.3 is 15.5 Å². The molecule has 0 spiro atoms. The molecule has 2 aromatic rings. The van der Waals surface area contributed by atoms with Crippen LogP contribution in [-0.2, 0) is 14.4 Å². The summed E-state index contributed by atoms with van der Waals surface area (Å²) in [6, 6.07) is 12.1. The number of anilines is 2. The van der Waals surface area contributed by atoms with E-state index in [1.54, 1.807) is 0 Å². The summed E-state index contributed by atoms with van der Waals surface area (Å²) >= 11 is 0. The first-order chi connectivity index (χ1) is 15.9. The average Bonchev–Trinajstić information content (AvgIpc) is 3.17. The quantitative estimate of drug-likeness (QED) is 0.700. The Balaban J connectivity index is 1.23. The largest absolute Gasteiger partial charge is 0.353 e. The first-order valence-corrected chi connectivity index (χ1v) is 11.0. The van der Waals surface area contributed by atoms with Crippen LogP contribution in [0.1, 0.15) is 19.3 Å². The maximum Gasteiger partial charge on any atom is 0.238 e. The number of halogens is 2. The minimum atomic E-state index is -0.769. The van der Waals surface area contributed by atoms with Gasteiger partial charge in [0.25, 0.3) is 0 Å². The summed E-state index contributed by atoms with van der Waals surface area (Å²) in [7, 11) is 0. The van der Waals surface area contributed by atoms with Gasteiger partial charge in [-0.1, -0.05) is 18.2 Å². The number of carbonyl (C=O) groups is 3. The van der Waals surface area contributed by atoms with E-state index in [0.717, 1.165) is 23.9 Å². The van der Waals surface area contributed by atoms with Crippen LogP contribution < -0.4 is 15.5 Å². The third-order valence-corrected chi connectivity index (χ3v) is 6.01.